The van der Waals surface area contributed by atoms with E-state index in [2.05, 4.69) is 39.8 Å². The molecule has 5 nitrogen and oxygen atoms in total. The Balaban J connectivity index is 1.96. The van der Waals surface area contributed by atoms with Crippen LogP contribution in [0.15, 0.2) is 11.2 Å². The summed E-state index contributed by atoms with van der Waals surface area (Å²) >= 11 is 5.13. The maximum atomic E-state index is 5.13. The molecule has 0 atom stereocenters. The second-order valence-corrected chi connectivity index (χ2v) is 5.45. The zero-order chi connectivity index (χ0) is 13.6. The molecule has 0 aliphatic heterocycles. The van der Waals surface area contributed by atoms with Crippen LogP contribution in [-0.4, -0.2) is 25.7 Å². The van der Waals surface area contributed by atoms with Gasteiger partial charge in [-0.1, -0.05) is 0 Å². The average molecular weight is 275 g/mol. The molecule has 1 aliphatic carbocycles. The Kier molecular flexibility index (Phi) is 2.89. The van der Waals surface area contributed by atoms with Crippen LogP contribution in [0.2, 0.25) is 0 Å². The fourth-order valence-electron chi connectivity index (χ4n) is 2.45. The summed E-state index contributed by atoms with van der Waals surface area (Å²) in [5, 5.41) is 11.2. The molecule has 0 saturated heterocycles. The van der Waals surface area contributed by atoms with Gasteiger partial charge in [0.15, 0.2) is 0 Å². The lowest BCUT2D eigenvalue weighted by Gasteiger charge is -2.06. The summed E-state index contributed by atoms with van der Waals surface area (Å²) in [5.41, 5.74) is 3.72. The van der Waals surface area contributed by atoms with Crippen LogP contribution in [0.25, 0.3) is 0 Å². The van der Waals surface area contributed by atoms with E-state index in [-0.39, 0.29) is 0 Å². The van der Waals surface area contributed by atoms with Crippen LogP contribution < -0.4 is 0 Å². The zero-order valence-corrected chi connectivity index (χ0v) is 12.2. The molecule has 0 radical (unpaired) electrons. The van der Waals surface area contributed by atoms with Gasteiger partial charge in [-0.05, 0) is 51.9 Å². The highest BCUT2D eigenvalue weighted by Gasteiger charge is 2.26. The van der Waals surface area contributed by atoms with Crippen molar-refractivity contribution in [3.05, 3.63) is 33.6 Å². The zero-order valence-electron chi connectivity index (χ0n) is 11.3. The highest BCUT2D eigenvalue weighted by molar-refractivity contribution is 7.71. The number of nitrogens with one attached hydrogen (secondary N) is 1. The number of aromatic amines is 1. The molecule has 6 heteroatoms. The molecule has 2 heterocycles. The first-order chi connectivity index (χ1) is 9.08. The molecule has 0 amide bonds. The van der Waals surface area contributed by atoms with Gasteiger partial charge in [0.1, 0.15) is 5.82 Å². The predicted octanol–water partition coefficient (Wildman–Crippen LogP) is 2.88. The summed E-state index contributed by atoms with van der Waals surface area (Å²) < 4.78 is 4.56. The van der Waals surface area contributed by atoms with Crippen LogP contribution in [0.1, 0.15) is 41.7 Å². The molecule has 0 unspecified atom stereocenters. The van der Waals surface area contributed by atoms with Crippen molar-refractivity contribution in [3.63, 3.8) is 0 Å². The van der Waals surface area contributed by atoms with E-state index >= 15 is 0 Å². The number of hydrogen-bond acceptors (Lipinski definition) is 3. The van der Waals surface area contributed by atoms with E-state index in [0.29, 0.717) is 10.8 Å². The number of H-pyrrole nitrogens is 1. The van der Waals surface area contributed by atoms with Crippen molar-refractivity contribution in [2.24, 2.45) is 5.10 Å². The van der Waals surface area contributed by atoms with Crippen LogP contribution in [0.3, 0.4) is 0 Å². The summed E-state index contributed by atoms with van der Waals surface area (Å²) in [7, 11) is 0. The Morgan fingerprint density at radius 3 is 2.74 bits per heavy atom. The Labute approximate surface area is 117 Å². The molecule has 0 spiro atoms. The van der Waals surface area contributed by atoms with Crippen LogP contribution in [0, 0.1) is 25.5 Å². The van der Waals surface area contributed by atoms with Gasteiger partial charge in [0.2, 0.25) is 4.77 Å². The largest absolute Gasteiger partial charge is 0.345 e. The third-order valence-electron chi connectivity index (χ3n) is 3.56. The van der Waals surface area contributed by atoms with Gasteiger partial charge in [-0.3, -0.25) is 5.10 Å². The minimum atomic E-state index is 0.518. The van der Waals surface area contributed by atoms with Crippen molar-refractivity contribution < 1.29 is 0 Å². The Morgan fingerprint density at radius 2 is 2.16 bits per heavy atom. The molecule has 1 fully saturated rings. The molecule has 0 bridgehead atoms. The predicted molar refractivity (Wildman–Crippen MR) is 77.3 cm³/mol. The number of nitrogens with zero attached hydrogens (tertiary/aromatic N) is 4. The third-order valence-corrected chi connectivity index (χ3v) is 3.82. The smallest absolute Gasteiger partial charge is 0.216 e. The molecule has 100 valence electrons. The molecule has 1 aliphatic rings. The molecule has 2 aromatic heterocycles. The Morgan fingerprint density at radius 1 is 1.42 bits per heavy atom. The molecule has 0 aromatic carbocycles. The van der Waals surface area contributed by atoms with Crippen molar-refractivity contribution in [3.8, 4) is 0 Å². The topological polar surface area (TPSA) is 50.9 Å². The fourth-order valence-corrected chi connectivity index (χ4v) is 2.68. The highest BCUT2D eigenvalue weighted by Crippen LogP contribution is 2.38. The Hall–Kier alpha value is -1.69. The van der Waals surface area contributed by atoms with E-state index in [1.807, 2.05) is 13.1 Å². The Bertz CT molecular complexity index is 699. The van der Waals surface area contributed by atoms with Gasteiger partial charge in [0.05, 0.1) is 6.21 Å². The summed E-state index contributed by atoms with van der Waals surface area (Å²) in [6.45, 7) is 6.17. The summed E-state index contributed by atoms with van der Waals surface area (Å²) in [6.07, 6.45) is 4.44. The van der Waals surface area contributed by atoms with Gasteiger partial charge in [0.25, 0.3) is 0 Å². The van der Waals surface area contributed by atoms with E-state index in [0.717, 1.165) is 11.4 Å². The second kappa shape index (κ2) is 4.45. The lowest BCUT2D eigenvalue weighted by molar-refractivity contribution is 0.699. The normalized spacial score (nSPS) is 15.5. The summed E-state index contributed by atoms with van der Waals surface area (Å²) in [6, 6.07) is 2.87. The molecular weight excluding hydrogens is 258 g/mol. The van der Waals surface area contributed by atoms with Gasteiger partial charge in [-0.15, -0.1) is 0 Å². The molecule has 1 saturated carbocycles. The van der Waals surface area contributed by atoms with Crippen molar-refractivity contribution in [1.82, 2.24) is 19.4 Å². The monoisotopic (exact) mass is 275 g/mol. The minimum Gasteiger partial charge on any atom is -0.345 e. The number of rotatable bonds is 3. The first kappa shape index (κ1) is 12.3. The minimum absolute atomic E-state index is 0.518. The maximum absolute atomic E-state index is 5.13. The van der Waals surface area contributed by atoms with Gasteiger partial charge in [0, 0.05) is 23.0 Å². The lowest BCUT2D eigenvalue weighted by atomic mass is 10.3. The first-order valence-electron chi connectivity index (χ1n) is 6.44. The summed E-state index contributed by atoms with van der Waals surface area (Å²) in [4.78, 5) is 0. The quantitative estimate of drug-likeness (QED) is 0.691. The van der Waals surface area contributed by atoms with E-state index in [1.54, 1.807) is 4.68 Å². The lowest BCUT2D eigenvalue weighted by Crippen LogP contribution is -2.00. The van der Waals surface area contributed by atoms with Crippen molar-refractivity contribution >= 4 is 18.4 Å². The molecule has 2 aromatic rings. The van der Waals surface area contributed by atoms with E-state index in [1.165, 1.54) is 24.2 Å². The molecule has 3 rings (SSSR count). The fraction of sp³-hybridized carbons (Fsp3) is 0.462. The SMILES string of the molecule is Cc1cc(C=Nn2c(C)n[nH]c2=S)c(C)n1C1CC1. The van der Waals surface area contributed by atoms with Crippen LogP contribution in [-0.2, 0) is 0 Å². The van der Waals surface area contributed by atoms with Gasteiger partial charge in [-0.25, -0.2) is 0 Å². The van der Waals surface area contributed by atoms with Crippen LogP contribution in [0.4, 0.5) is 0 Å². The van der Waals surface area contributed by atoms with E-state index < -0.39 is 0 Å². The highest BCUT2D eigenvalue weighted by atomic mass is 32.1. The van der Waals surface area contributed by atoms with Gasteiger partial charge in [-0.2, -0.15) is 14.9 Å². The van der Waals surface area contributed by atoms with Gasteiger partial charge >= 0.3 is 0 Å². The number of aromatic nitrogens is 4. The van der Waals surface area contributed by atoms with E-state index in [4.69, 9.17) is 12.2 Å². The van der Waals surface area contributed by atoms with Crippen molar-refractivity contribution in [1.29, 1.82) is 0 Å². The van der Waals surface area contributed by atoms with E-state index in [9.17, 15) is 0 Å². The third kappa shape index (κ3) is 2.16. The van der Waals surface area contributed by atoms with Crippen LogP contribution >= 0.6 is 12.2 Å². The van der Waals surface area contributed by atoms with Crippen LogP contribution in [0.5, 0.6) is 0 Å². The van der Waals surface area contributed by atoms with Crippen molar-refractivity contribution in [2.45, 2.75) is 39.7 Å². The second-order valence-electron chi connectivity index (χ2n) is 5.06. The maximum Gasteiger partial charge on any atom is 0.216 e. The average Bonchev–Trinajstić information content (AvgIpc) is 3.08. The number of hydrogen-bond donors (Lipinski definition) is 1. The summed E-state index contributed by atoms with van der Waals surface area (Å²) in [5.74, 6) is 0.761. The standard InChI is InChI=1S/C13H17N5S/c1-8-6-11(9(2)17(8)12-4-5-12)7-14-18-10(3)15-16-13(18)19/h6-7,12H,4-5H2,1-3H3,(H,16,19). The van der Waals surface area contributed by atoms with Crippen molar-refractivity contribution in [2.75, 3.05) is 0 Å². The number of aryl methyl sites for hydroxylation is 2. The molecule has 1 N–H and O–H groups in total. The molecular formula is C13H17N5S. The van der Waals surface area contributed by atoms with Gasteiger partial charge < -0.3 is 4.57 Å². The first-order valence-corrected chi connectivity index (χ1v) is 6.85. The molecule has 19 heavy (non-hydrogen) atoms.